The molecule has 10 heteroatoms. The Hall–Kier alpha value is -3.08. The van der Waals surface area contributed by atoms with E-state index in [9.17, 15) is 9.59 Å². The Bertz CT molecular complexity index is 1110. The zero-order valence-electron chi connectivity index (χ0n) is 16.6. The van der Waals surface area contributed by atoms with Crippen LogP contribution in [0.3, 0.4) is 0 Å². The summed E-state index contributed by atoms with van der Waals surface area (Å²) in [5.74, 6) is -0.394. The number of rotatable bonds is 6. The largest absolute Gasteiger partial charge is 0.383 e. The number of aromatic nitrogens is 1. The molecule has 0 aliphatic carbocycles. The van der Waals surface area contributed by atoms with Gasteiger partial charge in [0.2, 0.25) is 0 Å². The summed E-state index contributed by atoms with van der Waals surface area (Å²) < 4.78 is 4.94. The number of halogens is 1. The van der Waals surface area contributed by atoms with Crippen LogP contribution in [0, 0.1) is 0 Å². The standard InChI is InChI=1S/C21H19N5O3S.BrH/c1-29-10-9-23-20(22)25-21-24-17(12-30-21)13-5-4-6-14(11-13)26-18(27)15-7-2-3-8-16(15)19(26)28;/h2-8,11-12H,9-10H2,1H3,(H3,22,23,24,25);1H. The number of ether oxygens (including phenoxy) is 1. The van der Waals surface area contributed by atoms with Gasteiger partial charge in [-0.1, -0.05) is 24.3 Å². The van der Waals surface area contributed by atoms with Gasteiger partial charge in [0.25, 0.3) is 11.8 Å². The van der Waals surface area contributed by atoms with Gasteiger partial charge in [-0.05, 0) is 24.3 Å². The van der Waals surface area contributed by atoms with E-state index in [0.717, 1.165) is 5.56 Å². The first-order valence-electron chi connectivity index (χ1n) is 9.18. The fourth-order valence-electron chi connectivity index (χ4n) is 3.10. The molecule has 0 unspecified atom stereocenters. The molecule has 0 saturated carbocycles. The molecule has 1 aliphatic rings. The number of carbonyl (C=O) groups excluding carboxylic acids is 2. The van der Waals surface area contributed by atoms with Gasteiger partial charge in [0.05, 0.1) is 35.7 Å². The number of amides is 2. The average Bonchev–Trinajstić information content (AvgIpc) is 3.32. The van der Waals surface area contributed by atoms with E-state index in [1.165, 1.54) is 16.2 Å². The van der Waals surface area contributed by atoms with Gasteiger partial charge in [-0.15, -0.1) is 28.3 Å². The number of anilines is 2. The number of guanidine groups is 1. The van der Waals surface area contributed by atoms with Gasteiger partial charge in [-0.3, -0.25) is 14.6 Å². The van der Waals surface area contributed by atoms with Crippen molar-refractivity contribution in [3.63, 3.8) is 0 Å². The van der Waals surface area contributed by atoms with Crippen LogP contribution in [0.5, 0.6) is 0 Å². The normalized spacial score (nSPS) is 13.2. The smallest absolute Gasteiger partial charge is 0.266 e. The van der Waals surface area contributed by atoms with E-state index in [-0.39, 0.29) is 34.8 Å². The SMILES string of the molecule is Br.COCC/N=C(/N)Nc1nc(-c2cccc(N3C(=O)c4ccccc4C3=O)c2)cs1. The van der Waals surface area contributed by atoms with E-state index in [1.807, 2.05) is 11.4 Å². The maximum Gasteiger partial charge on any atom is 0.266 e. The van der Waals surface area contributed by atoms with Crippen molar-refractivity contribution in [3.8, 4) is 11.3 Å². The van der Waals surface area contributed by atoms with Crippen LogP contribution in [0.4, 0.5) is 10.8 Å². The number of methoxy groups -OCH3 is 1. The summed E-state index contributed by atoms with van der Waals surface area (Å²) in [6.45, 7) is 0.936. The second-order valence-electron chi connectivity index (χ2n) is 6.46. The van der Waals surface area contributed by atoms with Crippen LogP contribution in [-0.4, -0.2) is 43.0 Å². The fourth-order valence-corrected chi connectivity index (χ4v) is 3.82. The van der Waals surface area contributed by atoms with Gasteiger partial charge in [0.1, 0.15) is 0 Å². The van der Waals surface area contributed by atoms with Crippen LogP contribution < -0.4 is 16.0 Å². The van der Waals surface area contributed by atoms with E-state index >= 15 is 0 Å². The van der Waals surface area contributed by atoms with Crippen LogP contribution in [-0.2, 0) is 4.74 Å². The van der Waals surface area contributed by atoms with Crippen molar-refractivity contribution < 1.29 is 14.3 Å². The lowest BCUT2D eigenvalue weighted by Gasteiger charge is -2.14. The van der Waals surface area contributed by atoms with Gasteiger partial charge < -0.3 is 15.8 Å². The molecule has 3 N–H and O–H groups in total. The third kappa shape index (κ3) is 4.66. The van der Waals surface area contributed by atoms with Gasteiger partial charge in [-0.25, -0.2) is 9.88 Å². The molecule has 0 fully saturated rings. The minimum atomic E-state index is -0.326. The molecule has 2 amide bonds. The summed E-state index contributed by atoms with van der Waals surface area (Å²) >= 11 is 1.38. The zero-order chi connectivity index (χ0) is 21.1. The van der Waals surface area contributed by atoms with Crippen LogP contribution in [0.25, 0.3) is 11.3 Å². The third-order valence-corrected chi connectivity index (χ3v) is 5.27. The number of nitrogens with one attached hydrogen (secondary N) is 1. The summed E-state index contributed by atoms with van der Waals surface area (Å²) in [7, 11) is 1.60. The van der Waals surface area contributed by atoms with Crippen LogP contribution in [0.15, 0.2) is 58.9 Å². The predicted octanol–water partition coefficient (Wildman–Crippen LogP) is 3.56. The summed E-state index contributed by atoms with van der Waals surface area (Å²) in [5.41, 5.74) is 8.65. The van der Waals surface area contributed by atoms with Crippen molar-refractivity contribution >= 4 is 56.9 Å². The number of carbonyl (C=O) groups is 2. The molecule has 1 aromatic heterocycles. The Balaban J connectivity index is 0.00000272. The maximum atomic E-state index is 12.7. The summed E-state index contributed by atoms with van der Waals surface area (Å²) in [5, 5.41) is 5.41. The average molecular weight is 502 g/mol. The second kappa shape index (κ2) is 9.82. The first-order chi connectivity index (χ1) is 14.6. The van der Waals surface area contributed by atoms with E-state index in [4.69, 9.17) is 10.5 Å². The Morgan fingerprint density at radius 3 is 2.55 bits per heavy atom. The van der Waals surface area contributed by atoms with E-state index in [2.05, 4.69) is 15.3 Å². The second-order valence-corrected chi connectivity index (χ2v) is 7.32. The monoisotopic (exact) mass is 501 g/mol. The molecular weight excluding hydrogens is 482 g/mol. The van der Waals surface area contributed by atoms with Crippen LogP contribution in [0.1, 0.15) is 20.7 Å². The van der Waals surface area contributed by atoms with E-state index in [0.29, 0.717) is 40.8 Å². The molecule has 0 saturated heterocycles. The number of hydrogen-bond donors (Lipinski definition) is 2. The molecule has 2 aromatic carbocycles. The highest BCUT2D eigenvalue weighted by atomic mass is 79.9. The molecule has 0 atom stereocenters. The quantitative estimate of drug-likeness (QED) is 0.231. The summed E-state index contributed by atoms with van der Waals surface area (Å²) in [4.78, 5) is 35.3. The van der Waals surface area contributed by atoms with Gasteiger partial charge >= 0.3 is 0 Å². The Labute approximate surface area is 193 Å². The molecule has 2 heterocycles. The zero-order valence-corrected chi connectivity index (χ0v) is 19.1. The number of fused-ring (bicyclic) bond motifs is 1. The Morgan fingerprint density at radius 1 is 1.16 bits per heavy atom. The molecule has 1 aliphatic heterocycles. The summed E-state index contributed by atoms with van der Waals surface area (Å²) in [6, 6.07) is 14.0. The Kier molecular flexibility index (Phi) is 7.16. The van der Waals surface area contributed by atoms with Crippen molar-refractivity contribution in [2.24, 2.45) is 10.7 Å². The molecule has 31 heavy (non-hydrogen) atoms. The minimum absolute atomic E-state index is 0. The Morgan fingerprint density at radius 2 is 1.87 bits per heavy atom. The molecule has 0 radical (unpaired) electrons. The number of imide groups is 1. The highest BCUT2D eigenvalue weighted by Crippen LogP contribution is 2.32. The molecule has 3 aromatic rings. The number of aliphatic imine (C=N–C) groups is 1. The minimum Gasteiger partial charge on any atom is -0.383 e. The van der Waals surface area contributed by atoms with Gasteiger partial charge in [0, 0.05) is 18.1 Å². The molecule has 160 valence electrons. The summed E-state index contributed by atoms with van der Waals surface area (Å²) in [6.07, 6.45) is 0. The maximum absolute atomic E-state index is 12.7. The number of hydrogen-bond acceptors (Lipinski definition) is 6. The predicted molar refractivity (Wildman–Crippen MR) is 127 cm³/mol. The molecular formula is C21H20BrN5O3S. The van der Waals surface area contributed by atoms with Crippen LogP contribution >= 0.6 is 28.3 Å². The molecule has 8 nitrogen and oxygen atoms in total. The van der Waals surface area contributed by atoms with Gasteiger partial charge in [-0.2, -0.15) is 0 Å². The first kappa shape index (κ1) is 22.6. The van der Waals surface area contributed by atoms with Crippen molar-refractivity contribution in [1.29, 1.82) is 0 Å². The van der Waals surface area contributed by atoms with E-state index in [1.54, 1.807) is 49.6 Å². The highest BCUT2D eigenvalue weighted by Gasteiger charge is 2.36. The third-order valence-electron chi connectivity index (χ3n) is 4.51. The molecule has 0 spiro atoms. The highest BCUT2D eigenvalue weighted by molar-refractivity contribution is 8.93. The molecule has 4 rings (SSSR count). The molecule has 0 bridgehead atoms. The van der Waals surface area contributed by atoms with Crippen molar-refractivity contribution in [3.05, 3.63) is 65.0 Å². The van der Waals surface area contributed by atoms with Crippen LogP contribution in [0.2, 0.25) is 0 Å². The topological polar surface area (TPSA) is 110 Å². The number of nitrogens with two attached hydrogens (primary N) is 1. The number of nitrogens with zero attached hydrogens (tertiary/aromatic N) is 3. The lowest BCUT2D eigenvalue weighted by Crippen LogP contribution is -2.29. The fraction of sp³-hybridized carbons (Fsp3) is 0.143. The van der Waals surface area contributed by atoms with Crippen molar-refractivity contribution in [2.75, 3.05) is 30.5 Å². The first-order valence-corrected chi connectivity index (χ1v) is 10.1. The lowest BCUT2D eigenvalue weighted by molar-refractivity contribution is 0.0926. The van der Waals surface area contributed by atoms with E-state index < -0.39 is 0 Å². The number of benzene rings is 2. The number of thiazole rings is 1. The van der Waals surface area contributed by atoms with Crippen molar-refractivity contribution in [2.45, 2.75) is 0 Å². The lowest BCUT2D eigenvalue weighted by atomic mass is 10.1. The van der Waals surface area contributed by atoms with Gasteiger partial charge in [0.15, 0.2) is 11.1 Å². The van der Waals surface area contributed by atoms with Crippen molar-refractivity contribution in [1.82, 2.24) is 4.98 Å².